The molecular weight excluding hydrogens is 292 g/mol. The number of benzene rings is 2. The van der Waals surface area contributed by atoms with Crippen molar-refractivity contribution in [3.63, 3.8) is 0 Å². The second kappa shape index (κ2) is 6.36. The summed E-state index contributed by atoms with van der Waals surface area (Å²) in [6, 6.07) is 12.8. The molecule has 0 radical (unpaired) electrons. The van der Waals surface area contributed by atoms with Gasteiger partial charge in [-0.2, -0.15) is 0 Å². The minimum atomic E-state index is -0.226. The van der Waals surface area contributed by atoms with Gasteiger partial charge in [0.2, 0.25) is 5.91 Å². The molecule has 5 nitrogen and oxygen atoms in total. The number of nitrogens with one attached hydrogen (secondary N) is 1. The van der Waals surface area contributed by atoms with Crippen molar-refractivity contribution < 1.29 is 13.9 Å². The van der Waals surface area contributed by atoms with Gasteiger partial charge in [-0.3, -0.25) is 4.79 Å². The normalized spacial score (nSPS) is 11.0. The molecule has 5 heteroatoms. The van der Waals surface area contributed by atoms with Gasteiger partial charge in [0, 0.05) is 24.3 Å². The first kappa shape index (κ1) is 14.8. The van der Waals surface area contributed by atoms with Crippen LogP contribution in [0.5, 0.6) is 5.75 Å². The van der Waals surface area contributed by atoms with E-state index in [-0.39, 0.29) is 5.91 Å². The summed E-state index contributed by atoms with van der Waals surface area (Å²) < 4.78 is 10.7. The van der Waals surface area contributed by atoms with Crippen molar-refractivity contribution in [1.82, 2.24) is 4.98 Å². The van der Waals surface area contributed by atoms with Crippen molar-refractivity contribution in [3.8, 4) is 5.75 Å². The van der Waals surface area contributed by atoms with Gasteiger partial charge in [-0.05, 0) is 30.3 Å². The van der Waals surface area contributed by atoms with Crippen LogP contribution in [0.4, 0.5) is 5.69 Å². The molecule has 1 aromatic heterocycles. The van der Waals surface area contributed by atoms with Gasteiger partial charge < -0.3 is 14.5 Å². The van der Waals surface area contributed by atoms with Crippen molar-refractivity contribution >= 4 is 28.8 Å². The Morgan fingerprint density at radius 3 is 2.91 bits per heavy atom. The number of para-hydroxylation sites is 1. The highest BCUT2D eigenvalue weighted by Gasteiger charge is 2.05. The fraction of sp³-hybridized carbons (Fsp3) is 0.111. The standard InChI is InChI=1S/C18H16N2O3/c1-12-19-15-11-14(8-9-17(15)23-12)20-18(21)10-7-13-5-3-4-6-16(13)22-2/h3-11H,1-2H3,(H,20,21)/b10-7+. The molecule has 3 rings (SSSR count). The van der Waals surface area contributed by atoms with Gasteiger partial charge >= 0.3 is 0 Å². The van der Waals surface area contributed by atoms with Crippen molar-refractivity contribution in [2.45, 2.75) is 6.92 Å². The van der Waals surface area contributed by atoms with Crippen LogP contribution in [-0.2, 0) is 4.79 Å². The number of hydrogen-bond donors (Lipinski definition) is 1. The van der Waals surface area contributed by atoms with Crippen LogP contribution in [0, 0.1) is 6.92 Å². The molecule has 0 saturated carbocycles. The van der Waals surface area contributed by atoms with E-state index in [4.69, 9.17) is 9.15 Å². The maximum Gasteiger partial charge on any atom is 0.248 e. The molecule has 0 bridgehead atoms. The van der Waals surface area contributed by atoms with E-state index in [0.717, 1.165) is 11.3 Å². The van der Waals surface area contributed by atoms with E-state index < -0.39 is 0 Å². The molecule has 0 fully saturated rings. The molecule has 23 heavy (non-hydrogen) atoms. The molecule has 3 aromatic rings. The highest BCUT2D eigenvalue weighted by molar-refractivity contribution is 6.02. The molecule has 0 unspecified atom stereocenters. The number of ether oxygens (including phenoxy) is 1. The zero-order valence-corrected chi connectivity index (χ0v) is 12.9. The fourth-order valence-electron chi connectivity index (χ4n) is 2.27. The minimum Gasteiger partial charge on any atom is -0.496 e. The third kappa shape index (κ3) is 3.40. The number of anilines is 1. The van der Waals surface area contributed by atoms with Crippen LogP contribution in [0.3, 0.4) is 0 Å². The van der Waals surface area contributed by atoms with Crippen LogP contribution in [0.2, 0.25) is 0 Å². The molecule has 0 aliphatic carbocycles. The summed E-state index contributed by atoms with van der Waals surface area (Å²) in [6.07, 6.45) is 3.18. The quantitative estimate of drug-likeness (QED) is 0.745. The Balaban J connectivity index is 1.74. The maximum absolute atomic E-state index is 12.0. The van der Waals surface area contributed by atoms with Crippen LogP contribution >= 0.6 is 0 Å². The number of hydrogen-bond acceptors (Lipinski definition) is 4. The zero-order valence-electron chi connectivity index (χ0n) is 12.9. The number of fused-ring (bicyclic) bond motifs is 1. The molecule has 1 amide bonds. The van der Waals surface area contributed by atoms with E-state index in [1.165, 1.54) is 6.08 Å². The summed E-state index contributed by atoms with van der Waals surface area (Å²) in [5.74, 6) is 1.09. The van der Waals surface area contributed by atoms with E-state index in [0.29, 0.717) is 22.7 Å². The first-order chi connectivity index (χ1) is 11.2. The van der Waals surface area contributed by atoms with Crippen LogP contribution in [-0.4, -0.2) is 18.0 Å². The number of carbonyl (C=O) groups is 1. The van der Waals surface area contributed by atoms with Gasteiger partial charge in [0.05, 0.1) is 7.11 Å². The number of aromatic nitrogens is 1. The third-order valence-corrected chi connectivity index (χ3v) is 3.32. The lowest BCUT2D eigenvalue weighted by Crippen LogP contribution is -2.07. The Morgan fingerprint density at radius 1 is 1.26 bits per heavy atom. The highest BCUT2D eigenvalue weighted by atomic mass is 16.5. The van der Waals surface area contributed by atoms with Crippen molar-refractivity contribution in [3.05, 3.63) is 60.0 Å². The number of carbonyl (C=O) groups excluding carboxylic acids is 1. The monoisotopic (exact) mass is 308 g/mol. The molecule has 0 aliphatic rings. The molecule has 0 aliphatic heterocycles. The first-order valence-corrected chi connectivity index (χ1v) is 7.15. The molecule has 116 valence electrons. The van der Waals surface area contributed by atoms with Crippen molar-refractivity contribution in [2.24, 2.45) is 0 Å². The van der Waals surface area contributed by atoms with Gasteiger partial charge in [0.15, 0.2) is 11.5 Å². The van der Waals surface area contributed by atoms with Gasteiger partial charge in [-0.15, -0.1) is 0 Å². The Labute approximate surface area is 133 Å². The lowest BCUT2D eigenvalue weighted by atomic mass is 10.2. The summed E-state index contributed by atoms with van der Waals surface area (Å²) in [5.41, 5.74) is 2.92. The number of methoxy groups -OCH3 is 1. The summed E-state index contributed by atoms with van der Waals surface area (Å²) in [6.45, 7) is 1.79. The van der Waals surface area contributed by atoms with Crippen LogP contribution in [0.1, 0.15) is 11.5 Å². The zero-order chi connectivity index (χ0) is 16.2. The number of rotatable bonds is 4. The second-order valence-electron chi connectivity index (χ2n) is 4.98. The van der Waals surface area contributed by atoms with Gasteiger partial charge in [-0.25, -0.2) is 4.98 Å². The Bertz CT molecular complexity index is 881. The maximum atomic E-state index is 12.0. The summed E-state index contributed by atoms with van der Waals surface area (Å²) in [7, 11) is 1.60. The SMILES string of the molecule is COc1ccccc1/C=C/C(=O)Nc1ccc2oc(C)nc2c1. The Hall–Kier alpha value is -3.08. The number of nitrogens with zero attached hydrogens (tertiary/aromatic N) is 1. The first-order valence-electron chi connectivity index (χ1n) is 7.15. The molecule has 0 saturated heterocycles. The van der Waals surface area contributed by atoms with Crippen LogP contribution in [0.15, 0.2) is 53.0 Å². The molecule has 0 spiro atoms. The average Bonchev–Trinajstić information content (AvgIpc) is 2.92. The van der Waals surface area contributed by atoms with Crippen LogP contribution in [0.25, 0.3) is 17.2 Å². The van der Waals surface area contributed by atoms with E-state index in [1.807, 2.05) is 24.3 Å². The van der Waals surface area contributed by atoms with E-state index >= 15 is 0 Å². The summed E-state index contributed by atoms with van der Waals surface area (Å²) in [5, 5.41) is 2.80. The van der Waals surface area contributed by atoms with Gasteiger partial charge in [-0.1, -0.05) is 18.2 Å². The smallest absolute Gasteiger partial charge is 0.248 e. The third-order valence-electron chi connectivity index (χ3n) is 3.32. The molecule has 1 N–H and O–H groups in total. The Morgan fingerprint density at radius 2 is 2.09 bits per heavy atom. The molecule has 2 aromatic carbocycles. The lowest BCUT2D eigenvalue weighted by molar-refractivity contribution is -0.111. The summed E-state index contributed by atoms with van der Waals surface area (Å²) in [4.78, 5) is 16.3. The predicted octanol–water partition coefficient (Wildman–Crippen LogP) is 3.80. The number of amides is 1. The van der Waals surface area contributed by atoms with Gasteiger partial charge in [0.1, 0.15) is 11.3 Å². The molecule has 1 heterocycles. The lowest BCUT2D eigenvalue weighted by Gasteiger charge is -2.04. The highest BCUT2D eigenvalue weighted by Crippen LogP contribution is 2.20. The van der Waals surface area contributed by atoms with E-state index in [1.54, 1.807) is 38.3 Å². The average molecular weight is 308 g/mol. The van der Waals surface area contributed by atoms with E-state index in [9.17, 15) is 4.79 Å². The predicted molar refractivity (Wildman–Crippen MR) is 89.4 cm³/mol. The van der Waals surface area contributed by atoms with Gasteiger partial charge in [0.25, 0.3) is 0 Å². The minimum absolute atomic E-state index is 0.226. The van der Waals surface area contributed by atoms with Crippen molar-refractivity contribution in [1.29, 1.82) is 0 Å². The topological polar surface area (TPSA) is 64.4 Å². The largest absolute Gasteiger partial charge is 0.496 e. The molecular formula is C18H16N2O3. The number of oxazole rings is 1. The van der Waals surface area contributed by atoms with E-state index in [2.05, 4.69) is 10.3 Å². The van der Waals surface area contributed by atoms with Crippen LogP contribution < -0.4 is 10.1 Å². The molecule has 0 atom stereocenters. The Kier molecular flexibility index (Phi) is 4.10. The number of aryl methyl sites for hydroxylation is 1. The fourth-order valence-corrected chi connectivity index (χ4v) is 2.27. The summed E-state index contributed by atoms with van der Waals surface area (Å²) >= 11 is 0. The van der Waals surface area contributed by atoms with Crippen molar-refractivity contribution in [2.75, 3.05) is 12.4 Å². The second-order valence-corrected chi connectivity index (χ2v) is 4.98.